The van der Waals surface area contributed by atoms with Gasteiger partial charge in [0.05, 0.1) is 26.1 Å². The number of rotatable bonds is 14. The molecule has 0 bridgehead atoms. The fourth-order valence-electron chi connectivity index (χ4n) is 1.43. The van der Waals surface area contributed by atoms with Gasteiger partial charge in [0.1, 0.15) is 13.2 Å². The molecule has 0 spiro atoms. The Morgan fingerprint density at radius 2 is 1.09 bits per heavy atom. The van der Waals surface area contributed by atoms with E-state index in [1.54, 1.807) is 0 Å². The topological polar surface area (TPSA) is 136 Å². The average molecular weight is 334 g/mol. The molecular formula is C14H22O9. The maximum absolute atomic E-state index is 11.3. The van der Waals surface area contributed by atoms with Crippen molar-refractivity contribution in [1.29, 1.82) is 0 Å². The molecule has 132 valence electrons. The van der Waals surface area contributed by atoms with Crippen LogP contribution in [0.2, 0.25) is 0 Å². The molecule has 0 saturated carbocycles. The van der Waals surface area contributed by atoms with E-state index in [1.165, 1.54) is 0 Å². The highest BCUT2D eigenvalue weighted by atomic mass is 16.6. The largest absolute Gasteiger partial charge is 0.481 e. The number of ether oxygens (including phenoxy) is 3. The highest BCUT2D eigenvalue weighted by Crippen LogP contribution is 2.01. The van der Waals surface area contributed by atoms with E-state index in [2.05, 4.69) is 0 Å². The van der Waals surface area contributed by atoms with E-state index < -0.39 is 23.9 Å². The van der Waals surface area contributed by atoms with Crippen molar-refractivity contribution in [3.8, 4) is 0 Å². The molecule has 0 heterocycles. The number of carbonyl (C=O) groups is 4. The molecule has 0 aromatic carbocycles. The number of aliphatic carboxylic acids is 2. The zero-order valence-corrected chi connectivity index (χ0v) is 12.8. The number of carboxylic acid groups (broad SMARTS) is 2. The van der Waals surface area contributed by atoms with Gasteiger partial charge in [-0.1, -0.05) is 0 Å². The van der Waals surface area contributed by atoms with E-state index in [0.717, 1.165) is 0 Å². The molecule has 0 aromatic heterocycles. The molecule has 0 aliphatic carbocycles. The van der Waals surface area contributed by atoms with Crippen molar-refractivity contribution in [2.75, 3.05) is 26.4 Å². The standard InChI is InChI=1S/C14H22O9/c15-11(16)3-1-2-4-13(19)22-9-7-21-8-10-23-14(20)6-5-12(17)18/h1-10H2,(H,15,16)(H,17,18). The minimum Gasteiger partial charge on any atom is -0.481 e. The second kappa shape index (κ2) is 13.5. The molecule has 0 rings (SSSR count). The number of hydrogen-bond donors (Lipinski definition) is 2. The molecule has 2 N–H and O–H groups in total. The Hall–Kier alpha value is -2.16. The van der Waals surface area contributed by atoms with Crippen LogP contribution in [-0.4, -0.2) is 60.5 Å². The molecule has 0 amide bonds. The summed E-state index contributed by atoms with van der Waals surface area (Å²) in [6, 6.07) is 0. The quantitative estimate of drug-likeness (QED) is 0.345. The van der Waals surface area contributed by atoms with Crippen LogP contribution >= 0.6 is 0 Å². The molecule has 9 nitrogen and oxygen atoms in total. The smallest absolute Gasteiger partial charge is 0.306 e. The molecule has 0 unspecified atom stereocenters. The van der Waals surface area contributed by atoms with Crippen molar-refractivity contribution in [2.45, 2.75) is 38.5 Å². The zero-order chi connectivity index (χ0) is 17.5. The maximum Gasteiger partial charge on any atom is 0.306 e. The van der Waals surface area contributed by atoms with Crippen molar-refractivity contribution in [3.05, 3.63) is 0 Å². The number of carboxylic acids is 2. The molecule has 0 aliphatic heterocycles. The van der Waals surface area contributed by atoms with Crippen molar-refractivity contribution >= 4 is 23.9 Å². The summed E-state index contributed by atoms with van der Waals surface area (Å²) >= 11 is 0. The lowest BCUT2D eigenvalue weighted by Gasteiger charge is -2.07. The summed E-state index contributed by atoms with van der Waals surface area (Å²) in [5.41, 5.74) is 0. The van der Waals surface area contributed by atoms with Gasteiger partial charge in [-0.2, -0.15) is 0 Å². The van der Waals surface area contributed by atoms with E-state index in [4.69, 9.17) is 24.4 Å². The van der Waals surface area contributed by atoms with Crippen molar-refractivity contribution in [3.63, 3.8) is 0 Å². The Kier molecular flexibility index (Phi) is 12.2. The van der Waals surface area contributed by atoms with Crippen LogP contribution in [0.5, 0.6) is 0 Å². The third-order valence-electron chi connectivity index (χ3n) is 2.55. The van der Waals surface area contributed by atoms with E-state index in [-0.39, 0.29) is 52.1 Å². The van der Waals surface area contributed by atoms with Crippen LogP contribution in [0.3, 0.4) is 0 Å². The van der Waals surface area contributed by atoms with Crippen LogP contribution in [0.1, 0.15) is 38.5 Å². The zero-order valence-electron chi connectivity index (χ0n) is 12.8. The summed E-state index contributed by atoms with van der Waals surface area (Å²) in [7, 11) is 0. The third-order valence-corrected chi connectivity index (χ3v) is 2.55. The van der Waals surface area contributed by atoms with Gasteiger partial charge in [0.15, 0.2) is 0 Å². The molecule has 0 saturated heterocycles. The van der Waals surface area contributed by atoms with Gasteiger partial charge in [-0.3, -0.25) is 19.2 Å². The Balaban J connectivity index is 3.35. The molecule has 0 atom stereocenters. The van der Waals surface area contributed by atoms with Crippen LogP contribution in [-0.2, 0) is 33.4 Å². The molecule has 0 aromatic rings. The number of esters is 2. The first-order valence-corrected chi connectivity index (χ1v) is 7.24. The average Bonchev–Trinajstić information content (AvgIpc) is 2.48. The maximum atomic E-state index is 11.3. The van der Waals surface area contributed by atoms with E-state index >= 15 is 0 Å². The van der Waals surface area contributed by atoms with Gasteiger partial charge in [-0.15, -0.1) is 0 Å². The molecule has 9 heteroatoms. The molecule has 23 heavy (non-hydrogen) atoms. The van der Waals surface area contributed by atoms with Crippen molar-refractivity contribution in [1.82, 2.24) is 0 Å². The first kappa shape index (κ1) is 20.8. The van der Waals surface area contributed by atoms with Gasteiger partial charge >= 0.3 is 23.9 Å². The number of hydrogen-bond acceptors (Lipinski definition) is 7. The highest BCUT2D eigenvalue weighted by Gasteiger charge is 2.06. The van der Waals surface area contributed by atoms with E-state index in [0.29, 0.717) is 12.8 Å². The van der Waals surface area contributed by atoms with Crippen LogP contribution in [0.25, 0.3) is 0 Å². The summed E-state index contributed by atoms with van der Waals surface area (Å²) in [6.45, 7) is 0.328. The normalized spacial score (nSPS) is 10.1. The molecular weight excluding hydrogens is 312 g/mol. The fourth-order valence-corrected chi connectivity index (χ4v) is 1.43. The Morgan fingerprint density at radius 3 is 1.61 bits per heavy atom. The highest BCUT2D eigenvalue weighted by molar-refractivity contribution is 5.76. The van der Waals surface area contributed by atoms with Gasteiger partial charge in [0.25, 0.3) is 0 Å². The molecule has 0 fully saturated rings. The van der Waals surface area contributed by atoms with Crippen LogP contribution in [0.15, 0.2) is 0 Å². The van der Waals surface area contributed by atoms with Gasteiger partial charge in [-0.05, 0) is 12.8 Å². The SMILES string of the molecule is O=C(O)CCCCC(=O)OCCOCCOC(=O)CCC(=O)O. The minimum atomic E-state index is -1.07. The van der Waals surface area contributed by atoms with Crippen molar-refractivity contribution in [2.24, 2.45) is 0 Å². The molecule has 0 aliphatic rings. The second-order valence-corrected chi connectivity index (χ2v) is 4.55. The van der Waals surface area contributed by atoms with Gasteiger partial charge in [0, 0.05) is 12.8 Å². The Bertz CT molecular complexity index is 392. The Labute approximate surface area is 133 Å². The summed E-state index contributed by atoms with van der Waals surface area (Å²) in [5.74, 6) is -2.98. The molecule has 0 radical (unpaired) electrons. The van der Waals surface area contributed by atoms with Crippen LogP contribution in [0, 0.1) is 0 Å². The third kappa shape index (κ3) is 16.0. The van der Waals surface area contributed by atoms with Crippen LogP contribution in [0.4, 0.5) is 0 Å². The summed E-state index contributed by atoms with van der Waals surface area (Å²) in [5, 5.41) is 16.8. The fraction of sp³-hybridized carbons (Fsp3) is 0.714. The van der Waals surface area contributed by atoms with Crippen LogP contribution < -0.4 is 0 Å². The Morgan fingerprint density at radius 1 is 0.609 bits per heavy atom. The van der Waals surface area contributed by atoms with Gasteiger partial charge in [0.2, 0.25) is 0 Å². The van der Waals surface area contributed by atoms with E-state index in [1.807, 2.05) is 0 Å². The minimum absolute atomic E-state index is 0.00157. The first-order chi connectivity index (χ1) is 10.9. The van der Waals surface area contributed by atoms with Gasteiger partial charge in [-0.25, -0.2) is 0 Å². The summed E-state index contributed by atoms with van der Waals surface area (Å²) < 4.78 is 14.6. The predicted octanol–water partition coefficient (Wildman–Crippen LogP) is 0.599. The summed E-state index contributed by atoms with van der Waals surface area (Å²) in [6.07, 6.45) is 0.611. The lowest BCUT2D eigenvalue weighted by molar-refractivity contribution is -0.149. The summed E-state index contributed by atoms with van der Waals surface area (Å²) in [4.78, 5) is 42.8. The van der Waals surface area contributed by atoms with Crippen molar-refractivity contribution < 1.29 is 43.6 Å². The number of unbranched alkanes of at least 4 members (excludes halogenated alkanes) is 1. The van der Waals surface area contributed by atoms with Gasteiger partial charge < -0.3 is 24.4 Å². The lowest BCUT2D eigenvalue weighted by Crippen LogP contribution is -2.15. The second-order valence-electron chi connectivity index (χ2n) is 4.55. The predicted molar refractivity (Wildman–Crippen MR) is 75.7 cm³/mol. The number of carbonyl (C=O) groups excluding carboxylic acids is 2. The lowest BCUT2D eigenvalue weighted by atomic mass is 10.2. The van der Waals surface area contributed by atoms with E-state index in [9.17, 15) is 19.2 Å². The monoisotopic (exact) mass is 334 g/mol. The first-order valence-electron chi connectivity index (χ1n) is 7.24.